The molecule has 4 aromatic rings. The summed E-state index contributed by atoms with van der Waals surface area (Å²) < 4.78 is 1.77. The number of rotatable bonds is 5. The number of nitrogens with one attached hydrogen (secondary N) is 3. The maximum atomic E-state index is 12.6. The number of fused-ring (bicyclic) bond motifs is 1. The number of imidazole rings is 1. The number of H-pyrrole nitrogens is 2. The smallest absolute Gasteiger partial charge is 0.323 e. The van der Waals surface area contributed by atoms with Crippen LogP contribution in [0.4, 0.5) is 5.69 Å². The molecule has 1 unspecified atom stereocenters. The summed E-state index contributed by atoms with van der Waals surface area (Å²) in [4.78, 5) is 29.3. The highest BCUT2D eigenvalue weighted by atomic mass is 35.5. The van der Waals surface area contributed by atoms with Gasteiger partial charge in [-0.15, -0.1) is 10.2 Å². The molecule has 28 heavy (non-hydrogen) atoms. The number of carbonyl (C=O) groups excluding carboxylic acids is 1. The Balaban J connectivity index is 1.49. The van der Waals surface area contributed by atoms with E-state index in [2.05, 4.69) is 25.5 Å². The van der Waals surface area contributed by atoms with Gasteiger partial charge in [-0.2, -0.15) is 0 Å². The molecule has 2 aromatic heterocycles. The lowest BCUT2D eigenvalue weighted by atomic mass is 10.2. The first-order valence-electron chi connectivity index (χ1n) is 8.35. The van der Waals surface area contributed by atoms with Gasteiger partial charge in [-0.1, -0.05) is 29.4 Å². The molecule has 0 radical (unpaired) electrons. The maximum Gasteiger partial charge on any atom is 0.323 e. The Morgan fingerprint density at radius 2 is 2.04 bits per heavy atom. The molecule has 1 amide bonds. The summed E-state index contributed by atoms with van der Waals surface area (Å²) in [7, 11) is 0. The molecule has 2 heterocycles. The predicted octanol–water partition coefficient (Wildman–Crippen LogP) is 3.21. The number of carbonyl (C=O) groups is 1. The van der Waals surface area contributed by atoms with Gasteiger partial charge in [0.1, 0.15) is 6.33 Å². The molecule has 0 aliphatic heterocycles. The minimum atomic E-state index is -0.428. The van der Waals surface area contributed by atoms with E-state index in [0.717, 1.165) is 5.69 Å². The van der Waals surface area contributed by atoms with Crippen molar-refractivity contribution in [3.63, 3.8) is 0 Å². The quantitative estimate of drug-likeness (QED) is 0.434. The highest BCUT2D eigenvalue weighted by Crippen LogP contribution is 2.26. The Labute approximate surface area is 168 Å². The van der Waals surface area contributed by atoms with Crippen LogP contribution in [0.5, 0.6) is 0 Å². The first kappa shape index (κ1) is 18.3. The van der Waals surface area contributed by atoms with Crippen LogP contribution in [0.25, 0.3) is 16.7 Å². The van der Waals surface area contributed by atoms with Crippen molar-refractivity contribution < 1.29 is 4.79 Å². The number of aromatic nitrogens is 5. The van der Waals surface area contributed by atoms with Crippen molar-refractivity contribution in [3.05, 3.63) is 64.3 Å². The van der Waals surface area contributed by atoms with Crippen molar-refractivity contribution in [1.29, 1.82) is 0 Å². The summed E-state index contributed by atoms with van der Waals surface area (Å²) in [6.07, 6.45) is 1.58. The number of anilines is 1. The van der Waals surface area contributed by atoms with Gasteiger partial charge in [0.2, 0.25) is 5.91 Å². The lowest BCUT2D eigenvalue weighted by Crippen LogP contribution is -2.22. The van der Waals surface area contributed by atoms with Crippen LogP contribution in [-0.2, 0) is 4.79 Å². The molecule has 0 aliphatic carbocycles. The lowest BCUT2D eigenvalue weighted by molar-refractivity contribution is -0.115. The molecular weight excluding hydrogens is 400 g/mol. The van der Waals surface area contributed by atoms with Crippen LogP contribution in [-0.4, -0.2) is 35.9 Å². The SMILES string of the molecule is CC(Sc1nncn1-c1cccc(Cl)c1)C(=O)Nc1ccc2[nH]c(=O)[nH]c2c1. The number of benzene rings is 2. The van der Waals surface area contributed by atoms with Crippen LogP contribution in [0, 0.1) is 0 Å². The van der Waals surface area contributed by atoms with Gasteiger partial charge in [-0.05, 0) is 43.3 Å². The van der Waals surface area contributed by atoms with Crippen molar-refractivity contribution in [2.24, 2.45) is 0 Å². The average molecular weight is 415 g/mol. The molecule has 4 rings (SSSR count). The van der Waals surface area contributed by atoms with Crippen molar-refractivity contribution in [1.82, 2.24) is 24.7 Å². The van der Waals surface area contributed by atoms with E-state index in [1.807, 2.05) is 12.1 Å². The molecule has 1 atom stereocenters. The molecule has 0 saturated heterocycles. The zero-order valence-corrected chi connectivity index (χ0v) is 16.2. The Bertz CT molecular complexity index is 1210. The van der Waals surface area contributed by atoms with E-state index < -0.39 is 5.25 Å². The minimum Gasteiger partial charge on any atom is -0.325 e. The highest BCUT2D eigenvalue weighted by molar-refractivity contribution is 8.00. The van der Waals surface area contributed by atoms with Gasteiger partial charge in [-0.3, -0.25) is 9.36 Å². The van der Waals surface area contributed by atoms with Gasteiger partial charge < -0.3 is 15.3 Å². The van der Waals surface area contributed by atoms with E-state index in [0.29, 0.717) is 26.9 Å². The van der Waals surface area contributed by atoms with Gasteiger partial charge in [-0.25, -0.2) is 4.79 Å². The topological polar surface area (TPSA) is 108 Å². The van der Waals surface area contributed by atoms with Crippen LogP contribution < -0.4 is 11.0 Å². The van der Waals surface area contributed by atoms with Gasteiger partial charge >= 0.3 is 5.69 Å². The third-order valence-electron chi connectivity index (χ3n) is 4.04. The average Bonchev–Trinajstić information content (AvgIpc) is 3.26. The molecule has 8 nitrogen and oxygen atoms in total. The van der Waals surface area contributed by atoms with E-state index in [1.165, 1.54) is 11.8 Å². The van der Waals surface area contributed by atoms with Gasteiger partial charge in [0.25, 0.3) is 0 Å². The number of hydrogen-bond donors (Lipinski definition) is 3. The number of thioether (sulfide) groups is 1. The van der Waals surface area contributed by atoms with Gasteiger partial charge in [0.15, 0.2) is 5.16 Å². The number of hydrogen-bond acceptors (Lipinski definition) is 5. The predicted molar refractivity (Wildman–Crippen MR) is 109 cm³/mol. The molecule has 0 fully saturated rings. The second-order valence-corrected chi connectivity index (χ2v) is 7.80. The first-order valence-corrected chi connectivity index (χ1v) is 9.61. The molecule has 10 heteroatoms. The molecule has 0 bridgehead atoms. The summed E-state index contributed by atoms with van der Waals surface area (Å²) in [6, 6.07) is 12.5. The van der Waals surface area contributed by atoms with E-state index in [4.69, 9.17) is 11.6 Å². The summed E-state index contributed by atoms with van der Waals surface area (Å²) in [5.74, 6) is -0.192. The minimum absolute atomic E-state index is 0.192. The maximum absolute atomic E-state index is 12.6. The van der Waals surface area contributed by atoms with Crippen LogP contribution in [0.1, 0.15) is 6.92 Å². The molecule has 142 valence electrons. The second-order valence-electron chi connectivity index (χ2n) is 6.05. The fourth-order valence-electron chi connectivity index (χ4n) is 2.67. The molecule has 0 spiro atoms. The number of nitrogens with zero attached hydrogens (tertiary/aromatic N) is 3. The lowest BCUT2D eigenvalue weighted by Gasteiger charge is -2.12. The molecule has 0 aliphatic rings. The summed E-state index contributed by atoms with van der Waals surface area (Å²) in [5.41, 5.74) is 2.43. The van der Waals surface area contributed by atoms with Crippen LogP contribution in [0.3, 0.4) is 0 Å². The molecule has 2 aromatic carbocycles. The van der Waals surface area contributed by atoms with Gasteiger partial charge in [0.05, 0.1) is 22.0 Å². The highest BCUT2D eigenvalue weighted by Gasteiger charge is 2.19. The Morgan fingerprint density at radius 1 is 1.21 bits per heavy atom. The van der Waals surface area contributed by atoms with Crippen LogP contribution >= 0.6 is 23.4 Å². The zero-order valence-electron chi connectivity index (χ0n) is 14.6. The van der Waals surface area contributed by atoms with E-state index in [9.17, 15) is 9.59 Å². The Hall–Kier alpha value is -3.04. The molecular formula is C18H15ClN6O2S. The van der Waals surface area contributed by atoms with E-state index in [1.54, 1.807) is 48.1 Å². The largest absolute Gasteiger partial charge is 0.325 e. The fourth-order valence-corrected chi connectivity index (χ4v) is 3.70. The van der Waals surface area contributed by atoms with E-state index >= 15 is 0 Å². The summed E-state index contributed by atoms with van der Waals surface area (Å²) >= 11 is 7.34. The monoisotopic (exact) mass is 414 g/mol. The van der Waals surface area contributed by atoms with Crippen molar-refractivity contribution in [2.45, 2.75) is 17.3 Å². The van der Waals surface area contributed by atoms with Gasteiger partial charge in [0, 0.05) is 10.7 Å². The first-order chi connectivity index (χ1) is 13.5. The summed E-state index contributed by atoms with van der Waals surface area (Å²) in [6.45, 7) is 1.79. The zero-order chi connectivity index (χ0) is 19.7. The fraction of sp³-hybridized carbons (Fsp3) is 0.111. The number of aromatic amines is 2. The standard InChI is InChI=1S/C18H15ClN6O2S/c1-10(16(26)21-12-5-6-14-15(8-12)23-17(27)22-14)28-18-24-20-9-25(18)13-4-2-3-11(19)7-13/h2-10H,1H3,(H,21,26)(H2,22,23,27). The van der Waals surface area contributed by atoms with Crippen molar-refractivity contribution in [2.75, 3.05) is 5.32 Å². The summed E-state index contributed by atoms with van der Waals surface area (Å²) in [5, 5.41) is 11.6. The Morgan fingerprint density at radius 3 is 2.86 bits per heavy atom. The van der Waals surface area contributed by atoms with Crippen LogP contribution in [0.15, 0.2) is 58.7 Å². The Kier molecular flexibility index (Phi) is 4.93. The molecule has 0 saturated carbocycles. The third kappa shape index (κ3) is 3.80. The normalized spacial score (nSPS) is 12.2. The van der Waals surface area contributed by atoms with Crippen molar-refractivity contribution in [3.8, 4) is 5.69 Å². The van der Waals surface area contributed by atoms with Crippen molar-refractivity contribution >= 4 is 46.0 Å². The number of halogens is 1. The van der Waals surface area contributed by atoms with E-state index in [-0.39, 0.29) is 11.6 Å². The third-order valence-corrected chi connectivity index (χ3v) is 5.33. The second kappa shape index (κ2) is 7.53. The van der Waals surface area contributed by atoms with Crippen LogP contribution in [0.2, 0.25) is 5.02 Å². The molecule has 3 N–H and O–H groups in total. The number of amides is 1.